The second kappa shape index (κ2) is 9.48. The van der Waals surface area contributed by atoms with Gasteiger partial charge in [0, 0.05) is 43.1 Å². The number of hydrogen-bond acceptors (Lipinski definition) is 5. The molecular formula is C25H24F3N7O. The molecule has 2 aromatic carbocycles. The Bertz CT molecular complexity index is 1390. The lowest BCUT2D eigenvalue weighted by Gasteiger charge is -2.33. The maximum absolute atomic E-state index is 13.2. The molecule has 1 saturated heterocycles. The Balaban J connectivity index is 1.27. The highest BCUT2D eigenvalue weighted by Gasteiger charge is 2.34. The van der Waals surface area contributed by atoms with E-state index in [9.17, 15) is 18.0 Å². The van der Waals surface area contributed by atoms with Gasteiger partial charge in [-0.2, -0.15) is 18.3 Å². The van der Waals surface area contributed by atoms with E-state index < -0.39 is 17.8 Å². The van der Waals surface area contributed by atoms with Crippen molar-refractivity contribution >= 4 is 28.3 Å². The molecule has 1 fully saturated rings. The summed E-state index contributed by atoms with van der Waals surface area (Å²) in [5, 5.41) is 20.3. The second-order valence-electron chi connectivity index (χ2n) is 8.66. The van der Waals surface area contributed by atoms with Crippen LogP contribution in [0.5, 0.6) is 0 Å². The summed E-state index contributed by atoms with van der Waals surface area (Å²) in [5.41, 5.74) is 0.471. The van der Waals surface area contributed by atoms with Gasteiger partial charge in [0.15, 0.2) is 5.82 Å². The van der Waals surface area contributed by atoms with E-state index in [1.807, 2.05) is 37.4 Å². The number of hydrogen-bond donors (Lipinski definition) is 2. The third-order valence-corrected chi connectivity index (χ3v) is 6.34. The van der Waals surface area contributed by atoms with E-state index in [2.05, 4.69) is 30.8 Å². The SMILES string of the molecule is Cn1nccc1-c1nnc(N2CCC(NC(=O)Nc3ccccc3C(F)(F)F)CC2)c2ccccc12. The van der Waals surface area contributed by atoms with Crippen LogP contribution in [0, 0.1) is 0 Å². The van der Waals surface area contributed by atoms with Crippen LogP contribution in [0.15, 0.2) is 60.8 Å². The number of rotatable bonds is 4. The fourth-order valence-electron chi connectivity index (χ4n) is 4.54. The molecule has 8 nitrogen and oxygen atoms in total. The van der Waals surface area contributed by atoms with E-state index in [0.717, 1.165) is 34.0 Å². The average molecular weight is 496 g/mol. The van der Waals surface area contributed by atoms with Crippen molar-refractivity contribution in [2.24, 2.45) is 7.05 Å². The van der Waals surface area contributed by atoms with E-state index in [-0.39, 0.29) is 11.7 Å². The number of carbonyl (C=O) groups excluding carboxylic acids is 1. The molecule has 4 aromatic rings. The molecule has 1 aliphatic heterocycles. The molecule has 36 heavy (non-hydrogen) atoms. The Kier molecular flexibility index (Phi) is 6.21. The Morgan fingerprint density at radius 3 is 2.36 bits per heavy atom. The number of piperidine rings is 1. The quantitative estimate of drug-likeness (QED) is 0.423. The first-order valence-corrected chi connectivity index (χ1v) is 11.5. The number of urea groups is 1. The summed E-state index contributed by atoms with van der Waals surface area (Å²) in [7, 11) is 1.86. The molecule has 2 amide bonds. The molecule has 11 heteroatoms. The Morgan fingerprint density at radius 2 is 1.67 bits per heavy atom. The van der Waals surface area contributed by atoms with Gasteiger partial charge in [-0.15, -0.1) is 10.2 Å². The number of halogens is 3. The van der Waals surface area contributed by atoms with Gasteiger partial charge in [-0.3, -0.25) is 4.68 Å². The first-order chi connectivity index (χ1) is 17.3. The minimum Gasteiger partial charge on any atom is -0.354 e. The molecule has 0 spiro atoms. The summed E-state index contributed by atoms with van der Waals surface area (Å²) in [6.07, 6.45) is -1.59. The highest BCUT2D eigenvalue weighted by Crippen LogP contribution is 2.35. The standard InChI is InChI=1S/C25H24F3N7O/c1-34-21(10-13-29-34)22-17-6-2-3-7-18(17)23(33-32-22)35-14-11-16(12-15-35)30-24(36)31-20-9-5-4-8-19(20)25(26,27)28/h2-10,13,16H,11-12,14-15H2,1H3,(H2,30,31,36). The van der Waals surface area contributed by atoms with Crippen LogP contribution in [0.3, 0.4) is 0 Å². The van der Waals surface area contributed by atoms with E-state index in [1.54, 1.807) is 10.9 Å². The molecule has 0 bridgehead atoms. The summed E-state index contributed by atoms with van der Waals surface area (Å²) < 4.78 is 41.4. The molecule has 1 aliphatic rings. The van der Waals surface area contributed by atoms with Gasteiger partial charge < -0.3 is 15.5 Å². The summed E-state index contributed by atoms with van der Waals surface area (Å²) in [6.45, 7) is 1.24. The first kappa shape index (κ1) is 23.6. The predicted molar refractivity (Wildman–Crippen MR) is 131 cm³/mol. The van der Waals surface area contributed by atoms with Gasteiger partial charge in [0.05, 0.1) is 16.9 Å². The summed E-state index contributed by atoms with van der Waals surface area (Å²) in [4.78, 5) is 14.6. The number of aromatic nitrogens is 4. The lowest BCUT2D eigenvalue weighted by Crippen LogP contribution is -2.46. The third-order valence-electron chi connectivity index (χ3n) is 6.34. The first-order valence-electron chi connectivity index (χ1n) is 11.5. The topological polar surface area (TPSA) is 88.0 Å². The van der Waals surface area contributed by atoms with Crippen molar-refractivity contribution in [3.05, 3.63) is 66.4 Å². The summed E-state index contributed by atoms with van der Waals surface area (Å²) in [5.74, 6) is 0.763. The monoisotopic (exact) mass is 495 g/mol. The highest BCUT2D eigenvalue weighted by molar-refractivity contribution is 5.99. The number of fused-ring (bicyclic) bond motifs is 1. The van der Waals surface area contributed by atoms with Gasteiger partial charge in [-0.25, -0.2) is 4.79 Å². The highest BCUT2D eigenvalue weighted by atomic mass is 19.4. The van der Waals surface area contributed by atoms with E-state index in [4.69, 9.17) is 0 Å². The molecule has 0 atom stereocenters. The number of alkyl halides is 3. The van der Waals surface area contributed by atoms with Crippen LogP contribution >= 0.6 is 0 Å². The summed E-state index contributed by atoms with van der Waals surface area (Å²) in [6, 6.07) is 13.9. The van der Waals surface area contributed by atoms with Crippen LogP contribution in [0.25, 0.3) is 22.2 Å². The van der Waals surface area contributed by atoms with Gasteiger partial charge in [-0.1, -0.05) is 36.4 Å². The van der Waals surface area contributed by atoms with Gasteiger partial charge in [0.1, 0.15) is 5.69 Å². The van der Waals surface area contributed by atoms with Crippen molar-refractivity contribution in [1.82, 2.24) is 25.3 Å². The maximum Gasteiger partial charge on any atom is 0.418 e. The molecule has 0 saturated carbocycles. The molecule has 0 radical (unpaired) electrons. The van der Waals surface area contributed by atoms with Crippen molar-refractivity contribution in [2.45, 2.75) is 25.1 Å². The van der Waals surface area contributed by atoms with Gasteiger partial charge in [0.2, 0.25) is 0 Å². The van der Waals surface area contributed by atoms with Crippen LogP contribution in [0.2, 0.25) is 0 Å². The van der Waals surface area contributed by atoms with Gasteiger partial charge in [-0.05, 0) is 31.0 Å². The normalized spacial score (nSPS) is 14.7. The zero-order valence-corrected chi connectivity index (χ0v) is 19.5. The predicted octanol–water partition coefficient (Wildman–Crippen LogP) is 4.84. The largest absolute Gasteiger partial charge is 0.418 e. The number of para-hydroxylation sites is 1. The van der Waals surface area contributed by atoms with Gasteiger partial charge >= 0.3 is 12.2 Å². The third kappa shape index (κ3) is 4.68. The van der Waals surface area contributed by atoms with Crippen molar-refractivity contribution in [3.63, 3.8) is 0 Å². The zero-order chi connectivity index (χ0) is 25.3. The van der Waals surface area contributed by atoms with Crippen molar-refractivity contribution in [1.29, 1.82) is 0 Å². The molecule has 186 valence electrons. The van der Waals surface area contributed by atoms with E-state index >= 15 is 0 Å². The van der Waals surface area contributed by atoms with Crippen LogP contribution in [0.4, 0.5) is 29.5 Å². The van der Waals surface area contributed by atoms with Crippen molar-refractivity contribution in [2.75, 3.05) is 23.3 Å². The Labute approximate surface area is 205 Å². The van der Waals surface area contributed by atoms with Crippen molar-refractivity contribution < 1.29 is 18.0 Å². The molecular weight excluding hydrogens is 471 g/mol. The fourth-order valence-corrected chi connectivity index (χ4v) is 4.54. The molecule has 2 aromatic heterocycles. The average Bonchev–Trinajstić information content (AvgIpc) is 3.29. The minimum atomic E-state index is -4.55. The van der Waals surface area contributed by atoms with Crippen molar-refractivity contribution in [3.8, 4) is 11.4 Å². The fraction of sp³-hybridized carbons (Fsp3) is 0.280. The lowest BCUT2D eigenvalue weighted by atomic mass is 10.0. The maximum atomic E-state index is 13.2. The zero-order valence-electron chi connectivity index (χ0n) is 19.5. The molecule has 0 unspecified atom stereocenters. The summed E-state index contributed by atoms with van der Waals surface area (Å²) >= 11 is 0. The molecule has 5 rings (SSSR count). The van der Waals surface area contributed by atoms with Gasteiger partial charge in [0.25, 0.3) is 0 Å². The van der Waals surface area contributed by atoms with E-state index in [0.29, 0.717) is 25.9 Å². The number of nitrogens with zero attached hydrogens (tertiary/aromatic N) is 5. The van der Waals surface area contributed by atoms with E-state index in [1.165, 1.54) is 18.2 Å². The lowest BCUT2D eigenvalue weighted by molar-refractivity contribution is -0.136. The number of aryl methyl sites for hydroxylation is 1. The number of amides is 2. The van der Waals surface area contributed by atoms with Crippen LogP contribution in [-0.2, 0) is 13.2 Å². The number of benzene rings is 2. The molecule has 2 N–H and O–H groups in total. The number of carbonyl (C=O) groups is 1. The number of nitrogens with one attached hydrogen (secondary N) is 2. The molecule has 0 aliphatic carbocycles. The Hall–Kier alpha value is -4.15. The van der Waals surface area contributed by atoms with Crippen LogP contribution in [-0.4, -0.2) is 45.1 Å². The number of anilines is 2. The Morgan fingerprint density at radius 1 is 0.972 bits per heavy atom. The minimum absolute atomic E-state index is 0.174. The second-order valence-corrected chi connectivity index (χ2v) is 8.66. The smallest absolute Gasteiger partial charge is 0.354 e. The van der Waals surface area contributed by atoms with Crippen LogP contribution < -0.4 is 15.5 Å². The van der Waals surface area contributed by atoms with Crippen LogP contribution in [0.1, 0.15) is 18.4 Å². The molecule has 3 heterocycles.